The Labute approximate surface area is 101 Å². The summed E-state index contributed by atoms with van der Waals surface area (Å²) in [6.45, 7) is 1.40. The van der Waals surface area contributed by atoms with E-state index in [2.05, 4.69) is 15.6 Å². The summed E-state index contributed by atoms with van der Waals surface area (Å²) in [6, 6.07) is 3.67. The first-order valence-electron chi connectivity index (χ1n) is 5.82. The molecule has 1 amide bonds. The number of carbonyl (C=O) groups excluding carboxylic acids is 1. The highest BCUT2D eigenvalue weighted by Crippen LogP contribution is 2.08. The number of aromatic nitrogens is 1. The van der Waals surface area contributed by atoms with Crippen LogP contribution in [0.4, 0.5) is 5.82 Å². The number of rotatable bonds is 3. The molecule has 1 unspecified atom stereocenters. The SMILES string of the molecule is CNc1ccc(C(=O)NC2CCCOC2)cn1. The van der Waals surface area contributed by atoms with Crippen molar-refractivity contribution in [1.82, 2.24) is 10.3 Å². The van der Waals surface area contributed by atoms with Gasteiger partial charge in [-0.1, -0.05) is 0 Å². The Hall–Kier alpha value is -1.62. The molecule has 0 saturated carbocycles. The van der Waals surface area contributed by atoms with Gasteiger partial charge in [-0.15, -0.1) is 0 Å². The van der Waals surface area contributed by atoms with Crippen molar-refractivity contribution in [1.29, 1.82) is 0 Å². The summed E-state index contributed by atoms with van der Waals surface area (Å²) >= 11 is 0. The maximum atomic E-state index is 11.9. The molecule has 1 fully saturated rings. The second-order valence-corrected chi connectivity index (χ2v) is 4.07. The van der Waals surface area contributed by atoms with Gasteiger partial charge in [0.05, 0.1) is 18.2 Å². The summed E-state index contributed by atoms with van der Waals surface area (Å²) < 4.78 is 5.32. The molecule has 0 radical (unpaired) electrons. The van der Waals surface area contributed by atoms with Crippen LogP contribution in [0.2, 0.25) is 0 Å². The lowest BCUT2D eigenvalue weighted by Gasteiger charge is -2.23. The molecule has 17 heavy (non-hydrogen) atoms. The van der Waals surface area contributed by atoms with Crippen molar-refractivity contribution in [2.75, 3.05) is 25.6 Å². The maximum absolute atomic E-state index is 11.9. The molecule has 1 aliphatic rings. The van der Waals surface area contributed by atoms with Gasteiger partial charge in [-0.05, 0) is 25.0 Å². The van der Waals surface area contributed by atoms with E-state index < -0.39 is 0 Å². The molecule has 0 spiro atoms. The van der Waals surface area contributed by atoms with Crippen LogP contribution in [0, 0.1) is 0 Å². The van der Waals surface area contributed by atoms with E-state index in [4.69, 9.17) is 4.74 Å². The zero-order chi connectivity index (χ0) is 12.1. The van der Waals surface area contributed by atoms with E-state index in [9.17, 15) is 4.79 Å². The van der Waals surface area contributed by atoms with Crippen molar-refractivity contribution >= 4 is 11.7 Å². The number of hydrogen-bond donors (Lipinski definition) is 2. The number of nitrogens with one attached hydrogen (secondary N) is 2. The Morgan fingerprint density at radius 3 is 3.00 bits per heavy atom. The molecule has 5 nitrogen and oxygen atoms in total. The Morgan fingerprint density at radius 2 is 2.41 bits per heavy atom. The molecule has 1 saturated heterocycles. The zero-order valence-electron chi connectivity index (χ0n) is 9.90. The first-order valence-corrected chi connectivity index (χ1v) is 5.82. The second-order valence-electron chi connectivity index (χ2n) is 4.07. The smallest absolute Gasteiger partial charge is 0.253 e. The quantitative estimate of drug-likeness (QED) is 0.821. The number of hydrogen-bond acceptors (Lipinski definition) is 4. The second kappa shape index (κ2) is 5.63. The van der Waals surface area contributed by atoms with Gasteiger partial charge in [-0.25, -0.2) is 4.98 Å². The van der Waals surface area contributed by atoms with Crippen LogP contribution >= 0.6 is 0 Å². The van der Waals surface area contributed by atoms with Gasteiger partial charge in [0.2, 0.25) is 0 Å². The molecule has 0 bridgehead atoms. The standard InChI is InChI=1S/C12H17N3O2/c1-13-11-5-4-9(7-14-11)12(16)15-10-3-2-6-17-8-10/h4-5,7,10H,2-3,6,8H2,1H3,(H,13,14)(H,15,16). The third-order valence-electron chi connectivity index (χ3n) is 2.78. The molecule has 1 atom stereocenters. The third-order valence-corrected chi connectivity index (χ3v) is 2.78. The van der Waals surface area contributed by atoms with E-state index in [1.807, 2.05) is 0 Å². The fraction of sp³-hybridized carbons (Fsp3) is 0.500. The molecule has 0 aromatic carbocycles. The van der Waals surface area contributed by atoms with Crippen LogP contribution in [-0.4, -0.2) is 37.2 Å². The molecule has 2 rings (SSSR count). The van der Waals surface area contributed by atoms with Crippen LogP contribution in [0.1, 0.15) is 23.2 Å². The number of amides is 1. The molecule has 5 heteroatoms. The van der Waals surface area contributed by atoms with Gasteiger partial charge in [0.1, 0.15) is 5.82 Å². The number of carbonyl (C=O) groups is 1. The lowest BCUT2D eigenvalue weighted by atomic mass is 10.1. The van der Waals surface area contributed by atoms with Gasteiger partial charge in [0, 0.05) is 19.9 Å². The topological polar surface area (TPSA) is 63.2 Å². The third kappa shape index (κ3) is 3.17. The van der Waals surface area contributed by atoms with Crippen molar-refractivity contribution in [2.24, 2.45) is 0 Å². The van der Waals surface area contributed by atoms with Gasteiger partial charge >= 0.3 is 0 Å². The van der Waals surface area contributed by atoms with Crippen LogP contribution in [0.15, 0.2) is 18.3 Å². The lowest BCUT2D eigenvalue weighted by molar-refractivity contribution is 0.0624. The van der Waals surface area contributed by atoms with E-state index in [0.29, 0.717) is 12.2 Å². The predicted octanol–water partition coefficient (Wildman–Crippen LogP) is 1.03. The van der Waals surface area contributed by atoms with Crippen LogP contribution in [0.25, 0.3) is 0 Å². The fourth-order valence-corrected chi connectivity index (χ4v) is 1.80. The average molecular weight is 235 g/mol. The molecule has 1 aromatic heterocycles. The van der Waals surface area contributed by atoms with Crippen molar-refractivity contribution in [2.45, 2.75) is 18.9 Å². The predicted molar refractivity (Wildman–Crippen MR) is 65.1 cm³/mol. The van der Waals surface area contributed by atoms with Gasteiger partial charge in [-0.2, -0.15) is 0 Å². The highest BCUT2D eigenvalue weighted by Gasteiger charge is 2.17. The number of nitrogens with zero attached hydrogens (tertiary/aromatic N) is 1. The number of pyridine rings is 1. The van der Waals surface area contributed by atoms with E-state index >= 15 is 0 Å². The molecule has 92 valence electrons. The minimum absolute atomic E-state index is 0.0874. The maximum Gasteiger partial charge on any atom is 0.253 e. The molecule has 1 aromatic rings. The summed E-state index contributed by atoms with van der Waals surface area (Å²) in [4.78, 5) is 16.0. The molecule has 2 heterocycles. The highest BCUT2D eigenvalue weighted by molar-refractivity contribution is 5.94. The Kier molecular flexibility index (Phi) is 3.93. The molecular formula is C12H17N3O2. The van der Waals surface area contributed by atoms with E-state index in [1.165, 1.54) is 0 Å². The summed E-state index contributed by atoms with van der Waals surface area (Å²) in [5.74, 6) is 0.665. The van der Waals surface area contributed by atoms with Gasteiger partial charge in [-0.3, -0.25) is 4.79 Å². The van der Waals surface area contributed by atoms with E-state index in [1.54, 1.807) is 25.4 Å². The minimum atomic E-state index is -0.0874. The molecule has 0 aliphatic carbocycles. The minimum Gasteiger partial charge on any atom is -0.379 e. The zero-order valence-corrected chi connectivity index (χ0v) is 9.90. The van der Waals surface area contributed by atoms with Crippen molar-refractivity contribution in [3.05, 3.63) is 23.9 Å². The van der Waals surface area contributed by atoms with E-state index in [0.717, 1.165) is 25.3 Å². The molecule has 1 aliphatic heterocycles. The van der Waals surface area contributed by atoms with Gasteiger partial charge in [0.15, 0.2) is 0 Å². The van der Waals surface area contributed by atoms with Crippen LogP contribution in [-0.2, 0) is 4.74 Å². The first kappa shape index (κ1) is 11.9. The van der Waals surface area contributed by atoms with Crippen LogP contribution in [0.3, 0.4) is 0 Å². The molecular weight excluding hydrogens is 218 g/mol. The van der Waals surface area contributed by atoms with Crippen LogP contribution in [0.5, 0.6) is 0 Å². The van der Waals surface area contributed by atoms with Crippen molar-refractivity contribution in [3.8, 4) is 0 Å². The monoisotopic (exact) mass is 235 g/mol. The van der Waals surface area contributed by atoms with Crippen molar-refractivity contribution in [3.63, 3.8) is 0 Å². The average Bonchev–Trinajstić information content (AvgIpc) is 2.40. The number of anilines is 1. The van der Waals surface area contributed by atoms with Gasteiger partial charge in [0.25, 0.3) is 5.91 Å². The van der Waals surface area contributed by atoms with E-state index in [-0.39, 0.29) is 11.9 Å². The Morgan fingerprint density at radius 1 is 1.53 bits per heavy atom. The lowest BCUT2D eigenvalue weighted by Crippen LogP contribution is -2.40. The summed E-state index contributed by atoms with van der Waals surface area (Å²) in [5.41, 5.74) is 0.578. The summed E-state index contributed by atoms with van der Waals surface area (Å²) in [5, 5.41) is 5.86. The first-order chi connectivity index (χ1) is 8.29. The number of ether oxygens (including phenoxy) is 1. The highest BCUT2D eigenvalue weighted by atomic mass is 16.5. The fourth-order valence-electron chi connectivity index (χ4n) is 1.80. The Balaban J connectivity index is 1.93. The van der Waals surface area contributed by atoms with Crippen molar-refractivity contribution < 1.29 is 9.53 Å². The Bertz CT molecular complexity index is 372. The molecule has 2 N–H and O–H groups in total. The largest absolute Gasteiger partial charge is 0.379 e. The van der Waals surface area contributed by atoms with Crippen LogP contribution < -0.4 is 10.6 Å². The van der Waals surface area contributed by atoms with Gasteiger partial charge < -0.3 is 15.4 Å². The normalized spacial score (nSPS) is 19.7. The summed E-state index contributed by atoms with van der Waals surface area (Å²) in [7, 11) is 1.79. The summed E-state index contributed by atoms with van der Waals surface area (Å²) in [6.07, 6.45) is 3.56.